The van der Waals surface area contributed by atoms with Crippen LogP contribution < -0.4 is 11.2 Å². The van der Waals surface area contributed by atoms with E-state index in [1.165, 1.54) is 17.2 Å². The Labute approximate surface area is 161 Å². The highest BCUT2D eigenvalue weighted by molar-refractivity contribution is 7.98. The van der Waals surface area contributed by atoms with Crippen molar-refractivity contribution >= 4 is 11.8 Å². The van der Waals surface area contributed by atoms with Crippen LogP contribution in [0.4, 0.5) is 0 Å². The Hall–Kier alpha value is -1.13. The van der Waals surface area contributed by atoms with Crippen molar-refractivity contribution in [1.29, 1.82) is 0 Å². The lowest BCUT2D eigenvalue weighted by Crippen LogP contribution is -2.39. The van der Waals surface area contributed by atoms with Crippen LogP contribution in [0.15, 0.2) is 15.8 Å². The van der Waals surface area contributed by atoms with Crippen LogP contribution in [0.5, 0.6) is 0 Å². The molecule has 3 heterocycles. The summed E-state index contributed by atoms with van der Waals surface area (Å²) in [4.78, 5) is 26.5. The van der Waals surface area contributed by atoms with Gasteiger partial charge in [0.25, 0.3) is 5.56 Å². The minimum absolute atomic E-state index is 0.297. The Kier molecular flexibility index (Phi) is 5.48. The summed E-state index contributed by atoms with van der Waals surface area (Å²) in [6, 6.07) is 0. The fourth-order valence-electron chi connectivity index (χ4n) is 4.21. The molecule has 1 N–H and O–H groups in total. The molecule has 3 aliphatic rings. The number of nitrogens with zero attached hydrogens (tertiary/aromatic N) is 1. The van der Waals surface area contributed by atoms with Gasteiger partial charge in [0.15, 0.2) is 12.0 Å². The van der Waals surface area contributed by atoms with Crippen LogP contribution in [-0.2, 0) is 18.9 Å². The van der Waals surface area contributed by atoms with E-state index in [1.54, 1.807) is 18.7 Å². The van der Waals surface area contributed by atoms with Crippen molar-refractivity contribution in [2.75, 3.05) is 18.8 Å². The first kappa shape index (κ1) is 19.2. The van der Waals surface area contributed by atoms with Gasteiger partial charge in [0.2, 0.25) is 0 Å². The van der Waals surface area contributed by atoms with E-state index in [0.29, 0.717) is 18.1 Å². The Morgan fingerprint density at radius 1 is 1.26 bits per heavy atom. The van der Waals surface area contributed by atoms with Crippen molar-refractivity contribution in [2.24, 2.45) is 0 Å². The molecule has 4 rings (SSSR count). The molecule has 9 heteroatoms. The number of ether oxygens (including phenoxy) is 4. The molecule has 0 radical (unpaired) electrons. The lowest BCUT2D eigenvalue weighted by molar-refractivity contribution is -0.234. The van der Waals surface area contributed by atoms with Gasteiger partial charge >= 0.3 is 5.69 Å². The molecular weight excluding hydrogens is 372 g/mol. The lowest BCUT2D eigenvalue weighted by atomic mass is 9.94. The predicted octanol–water partition coefficient (Wildman–Crippen LogP) is 1.52. The zero-order valence-corrected chi connectivity index (χ0v) is 16.5. The predicted molar refractivity (Wildman–Crippen MR) is 99.9 cm³/mol. The molecule has 1 aliphatic carbocycles. The van der Waals surface area contributed by atoms with E-state index in [9.17, 15) is 9.59 Å². The molecule has 27 heavy (non-hydrogen) atoms. The minimum atomic E-state index is -0.651. The van der Waals surface area contributed by atoms with Gasteiger partial charge in [0, 0.05) is 24.6 Å². The summed E-state index contributed by atoms with van der Waals surface area (Å²) < 4.78 is 26.0. The molecule has 0 bridgehead atoms. The fraction of sp³-hybridized carbons (Fsp3) is 0.778. The third-order valence-corrected chi connectivity index (χ3v) is 5.91. The number of hydrogen-bond acceptors (Lipinski definition) is 7. The third kappa shape index (κ3) is 3.63. The highest BCUT2D eigenvalue weighted by Crippen LogP contribution is 2.48. The smallest absolute Gasteiger partial charge is 0.330 e. The summed E-state index contributed by atoms with van der Waals surface area (Å²) >= 11 is 1.59. The van der Waals surface area contributed by atoms with Gasteiger partial charge in [-0.05, 0) is 26.0 Å². The maximum absolute atomic E-state index is 12.4. The first-order valence-corrected chi connectivity index (χ1v) is 10.8. The number of rotatable bonds is 5. The standard InChI is InChI=1S/C18H26N2O6S/c1-11-8-20(17(22)19-15(11)21)16-14-13(12(24-16)9-23-10-27-2)25-18(26-14)6-4-3-5-7-18/h8,12-14,16H,3-7,9-10H2,1-2H3,(H,19,21,22)/t12-,13?,14+,16-/m1/s1. The van der Waals surface area contributed by atoms with Gasteiger partial charge in [0.1, 0.15) is 18.3 Å². The molecule has 150 valence electrons. The molecule has 1 spiro atoms. The Balaban J connectivity index is 1.63. The van der Waals surface area contributed by atoms with Crippen LogP contribution in [0, 0.1) is 6.92 Å². The number of aromatic amines is 1. The van der Waals surface area contributed by atoms with E-state index >= 15 is 0 Å². The van der Waals surface area contributed by atoms with Crippen LogP contribution in [0.1, 0.15) is 43.9 Å². The largest absolute Gasteiger partial charge is 0.368 e. The topological polar surface area (TPSA) is 91.8 Å². The van der Waals surface area contributed by atoms with Gasteiger partial charge in [-0.3, -0.25) is 14.3 Å². The van der Waals surface area contributed by atoms with Crippen LogP contribution in [-0.4, -0.2) is 52.5 Å². The molecule has 1 saturated carbocycles. The molecule has 2 saturated heterocycles. The van der Waals surface area contributed by atoms with Crippen LogP contribution in [0.2, 0.25) is 0 Å². The van der Waals surface area contributed by atoms with Crippen LogP contribution in [0.25, 0.3) is 0 Å². The van der Waals surface area contributed by atoms with Gasteiger partial charge in [-0.1, -0.05) is 6.42 Å². The molecule has 2 aliphatic heterocycles. The van der Waals surface area contributed by atoms with Gasteiger partial charge in [-0.25, -0.2) is 4.79 Å². The summed E-state index contributed by atoms with van der Waals surface area (Å²) in [5.41, 5.74) is -0.450. The fourth-order valence-corrected chi connectivity index (χ4v) is 4.47. The van der Waals surface area contributed by atoms with E-state index in [2.05, 4.69) is 4.98 Å². The Morgan fingerprint density at radius 2 is 2.00 bits per heavy atom. The molecule has 1 aromatic heterocycles. The quantitative estimate of drug-likeness (QED) is 0.594. The number of fused-ring (bicyclic) bond motifs is 1. The maximum Gasteiger partial charge on any atom is 0.330 e. The normalized spacial score (nSPS) is 32.1. The Morgan fingerprint density at radius 3 is 2.74 bits per heavy atom. The zero-order chi connectivity index (χ0) is 19.0. The van der Waals surface area contributed by atoms with Crippen LogP contribution in [0.3, 0.4) is 0 Å². The summed E-state index contributed by atoms with van der Waals surface area (Å²) in [5, 5.41) is 0. The molecule has 1 unspecified atom stereocenters. The summed E-state index contributed by atoms with van der Waals surface area (Å²) in [6.45, 7) is 2.03. The van der Waals surface area contributed by atoms with Crippen molar-refractivity contribution in [3.05, 3.63) is 32.6 Å². The second-order valence-corrected chi connectivity index (χ2v) is 8.27. The number of aryl methyl sites for hydroxylation is 1. The van der Waals surface area contributed by atoms with Gasteiger partial charge in [-0.15, -0.1) is 11.8 Å². The second kappa shape index (κ2) is 7.71. The summed E-state index contributed by atoms with van der Waals surface area (Å²) in [6.07, 6.45) is 6.84. The van der Waals surface area contributed by atoms with E-state index < -0.39 is 29.4 Å². The minimum Gasteiger partial charge on any atom is -0.368 e. The molecule has 0 aromatic carbocycles. The molecule has 3 fully saturated rings. The van der Waals surface area contributed by atoms with Crippen molar-refractivity contribution in [3.63, 3.8) is 0 Å². The van der Waals surface area contributed by atoms with E-state index in [-0.39, 0.29) is 12.2 Å². The van der Waals surface area contributed by atoms with E-state index in [1.807, 2.05) is 6.26 Å². The van der Waals surface area contributed by atoms with E-state index in [4.69, 9.17) is 18.9 Å². The maximum atomic E-state index is 12.4. The first-order chi connectivity index (χ1) is 13.0. The van der Waals surface area contributed by atoms with Gasteiger partial charge in [0.05, 0.1) is 12.5 Å². The van der Waals surface area contributed by atoms with Crippen molar-refractivity contribution < 1.29 is 18.9 Å². The lowest BCUT2D eigenvalue weighted by Gasteiger charge is -2.34. The van der Waals surface area contributed by atoms with Crippen molar-refractivity contribution in [1.82, 2.24) is 9.55 Å². The molecule has 4 atom stereocenters. The monoisotopic (exact) mass is 398 g/mol. The average molecular weight is 398 g/mol. The van der Waals surface area contributed by atoms with E-state index in [0.717, 1.165) is 25.7 Å². The number of thioether (sulfide) groups is 1. The number of aromatic nitrogens is 2. The average Bonchev–Trinajstić information content (AvgIpc) is 3.15. The zero-order valence-electron chi connectivity index (χ0n) is 15.6. The Bertz CT molecular complexity index is 787. The number of nitrogens with one attached hydrogen (secondary N) is 1. The molecule has 8 nitrogen and oxygen atoms in total. The third-order valence-electron chi connectivity index (χ3n) is 5.51. The molecule has 1 aromatic rings. The van der Waals surface area contributed by atoms with Crippen molar-refractivity contribution in [2.45, 2.75) is 69.4 Å². The highest BCUT2D eigenvalue weighted by Gasteiger charge is 2.59. The summed E-state index contributed by atoms with van der Waals surface area (Å²) in [5.74, 6) is -0.0279. The summed E-state index contributed by atoms with van der Waals surface area (Å²) in [7, 11) is 0. The second-order valence-electron chi connectivity index (χ2n) is 7.46. The number of hydrogen-bond donors (Lipinski definition) is 1. The van der Waals surface area contributed by atoms with Gasteiger partial charge in [-0.2, -0.15) is 0 Å². The molecular formula is C18H26N2O6S. The molecule has 0 amide bonds. The van der Waals surface area contributed by atoms with Crippen molar-refractivity contribution in [3.8, 4) is 0 Å². The SMILES string of the molecule is CSCOC[C@H]1O[C@@H](n2cc(C)c(=O)[nH]c2=O)[C@H]2OC3(CCCCC3)OC12. The number of H-pyrrole nitrogens is 1. The highest BCUT2D eigenvalue weighted by atomic mass is 32.2. The van der Waals surface area contributed by atoms with Crippen LogP contribution >= 0.6 is 11.8 Å². The first-order valence-electron chi connectivity index (χ1n) is 9.43. The van der Waals surface area contributed by atoms with Gasteiger partial charge < -0.3 is 18.9 Å².